The molecule has 1 fully saturated rings. The van der Waals surface area contributed by atoms with E-state index in [2.05, 4.69) is 0 Å². The first-order chi connectivity index (χ1) is 15.6. The summed E-state index contributed by atoms with van der Waals surface area (Å²) in [6.45, 7) is 2.47. The molecule has 0 aromatic carbocycles. The number of hydrogen-bond donors (Lipinski definition) is 1. The minimum Gasteiger partial charge on any atom is -0.834 e. The van der Waals surface area contributed by atoms with E-state index in [0.29, 0.717) is 26.2 Å². The van der Waals surface area contributed by atoms with Crippen LogP contribution in [-0.2, 0) is 23.9 Å². The summed E-state index contributed by atoms with van der Waals surface area (Å²) >= 11 is 0. The maximum Gasteiger partial charge on any atom is 0.303 e. The lowest BCUT2D eigenvalue weighted by atomic mass is 10.2. The lowest BCUT2D eigenvalue weighted by molar-refractivity contribution is -0.443. The highest BCUT2D eigenvalue weighted by Crippen LogP contribution is 2.11. The van der Waals surface area contributed by atoms with E-state index in [1.54, 1.807) is 14.7 Å². The van der Waals surface area contributed by atoms with Crippen molar-refractivity contribution in [1.29, 1.82) is 0 Å². The van der Waals surface area contributed by atoms with Crippen LogP contribution >= 0.6 is 0 Å². The van der Waals surface area contributed by atoms with Gasteiger partial charge in [-0.25, -0.2) is 0 Å². The van der Waals surface area contributed by atoms with Gasteiger partial charge in [-0.3, -0.25) is 29.2 Å². The quantitative estimate of drug-likeness (QED) is 0.259. The fourth-order valence-corrected chi connectivity index (χ4v) is 3.69. The molecule has 1 rings (SSSR count). The normalized spacial score (nSPS) is 18.8. The highest BCUT2D eigenvalue weighted by Gasteiger charge is 2.23. The van der Waals surface area contributed by atoms with Crippen LogP contribution in [-0.4, -0.2) is 133 Å². The first-order valence-corrected chi connectivity index (χ1v) is 10.8. The Morgan fingerprint density at radius 2 is 1.24 bits per heavy atom. The van der Waals surface area contributed by atoms with Crippen LogP contribution in [0.2, 0.25) is 0 Å². The number of nitrogens with zero attached hydrogens (tertiary/aromatic N) is 4. The lowest BCUT2D eigenvalue weighted by Crippen LogP contribution is -2.52. The van der Waals surface area contributed by atoms with Crippen molar-refractivity contribution in [3.8, 4) is 0 Å². The van der Waals surface area contributed by atoms with Gasteiger partial charge in [0.25, 0.3) is 0 Å². The lowest BCUT2D eigenvalue weighted by Gasteiger charge is -2.37. The van der Waals surface area contributed by atoms with E-state index in [0.717, 1.165) is 0 Å². The third-order valence-electron chi connectivity index (χ3n) is 5.30. The van der Waals surface area contributed by atoms with Crippen molar-refractivity contribution >= 4 is 23.7 Å². The van der Waals surface area contributed by atoms with Crippen molar-refractivity contribution in [2.45, 2.75) is 33.4 Å². The molecule has 0 aliphatic carbocycles. The summed E-state index contributed by atoms with van der Waals surface area (Å²) in [5.74, 6) is -3.64. The molecule has 0 aromatic heterocycles. The van der Waals surface area contributed by atoms with Gasteiger partial charge in [0, 0.05) is 71.9 Å². The zero-order valence-electron chi connectivity index (χ0n) is 19.0. The van der Waals surface area contributed by atoms with Gasteiger partial charge in [0.05, 0.1) is 18.5 Å². The summed E-state index contributed by atoms with van der Waals surface area (Å²) in [6.07, 6.45) is -0.997. The van der Waals surface area contributed by atoms with Gasteiger partial charge in [0.15, 0.2) is 0 Å². The second kappa shape index (κ2) is 17.3. The maximum absolute atomic E-state index is 11.6. The smallest absolute Gasteiger partial charge is 0.303 e. The van der Waals surface area contributed by atoms with E-state index in [9.17, 15) is 34.5 Å². The summed E-state index contributed by atoms with van der Waals surface area (Å²) in [5, 5.41) is 42.6. The Labute approximate surface area is 200 Å². The molecular formula is C21H37N4O9-3. The molecule has 0 radical (unpaired) electrons. The van der Waals surface area contributed by atoms with Crippen molar-refractivity contribution in [3.63, 3.8) is 0 Å². The first-order valence-electron chi connectivity index (χ1n) is 10.8. The predicted molar refractivity (Wildman–Crippen MR) is 115 cm³/mol. The fourth-order valence-electron chi connectivity index (χ4n) is 3.69. The molecule has 1 unspecified atom stereocenters. The minimum absolute atomic E-state index is 0. The Bertz CT molecular complexity index is 618. The maximum atomic E-state index is 11.6. The molecule has 1 aliphatic rings. The van der Waals surface area contributed by atoms with E-state index in [4.69, 9.17) is 9.84 Å². The van der Waals surface area contributed by atoms with Crippen molar-refractivity contribution in [1.82, 2.24) is 19.6 Å². The molecule has 198 valence electrons. The number of carbonyl (C=O) groups excluding carboxylic acids is 3. The number of ketones is 1. The van der Waals surface area contributed by atoms with Crippen LogP contribution in [0.15, 0.2) is 0 Å². The number of carboxylic acids is 3. The van der Waals surface area contributed by atoms with E-state index >= 15 is 0 Å². The fraction of sp³-hybridized carbons (Fsp3) is 0.810. The van der Waals surface area contributed by atoms with Gasteiger partial charge in [-0.2, -0.15) is 0 Å². The van der Waals surface area contributed by atoms with Gasteiger partial charge in [0.1, 0.15) is 12.0 Å². The number of rotatable bonds is 12. The van der Waals surface area contributed by atoms with Crippen LogP contribution in [0.5, 0.6) is 0 Å². The van der Waals surface area contributed by atoms with Crippen LogP contribution < -0.4 is 15.3 Å². The molecule has 0 aromatic rings. The number of carbonyl (C=O) groups is 4. The number of carboxylic acid groups (broad SMARTS) is 3. The number of Topliss-reactive ketones (excluding diaryl/α,β-unsaturated/α-hetero) is 1. The van der Waals surface area contributed by atoms with Gasteiger partial charge in [-0.1, -0.05) is 7.43 Å². The molecule has 34 heavy (non-hydrogen) atoms. The van der Waals surface area contributed by atoms with Gasteiger partial charge >= 0.3 is 5.97 Å². The molecule has 1 aliphatic heterocycles. The van der Waals surface area contributed by atoms with Gasteiger partial charge in [0.2, 0.25) is 0 Å². The van der Waals surface area contributed by atoms with Gasteiger partial charge < -0.3 is 34.8 Å². The molecular weight excluding hydrogens is 452 g/mol. The van der Waals surface area contributed by atoms with Crippen LogP contribution in [0.4, 0.5) is 0 Å². The predicted octanol–water partition coefficient (Wildman–Crippen LogP) is -4.54. The third-order valence-corrected chi connectivity index (χ3v) is 5.30. The molecule has 13 heteroatoms. The minimum atomic E-state index is -1.26. The summed E-state index contributed by atoms with van der Waals surface area (Å²) in [7, 11) is 0. The Morgan fingerprint density at radius 1 is 0.824 bits per heavy atom. The molecule has 0 bridgehead atoms. The zero-order chi connectivity index (χ0) is 24.8. The van der Waals surface area contributed by atoms with Crippen molar-refractivity contribution < 1.29 is 44.3 Å². The third kappa shape index (κ3) is 14.2. The average molecular weight is 490 g/mol. The van der Waals surface area contributed by atoms with Gasteiger partial charge in [-0.15, -0.1) is 0 Å². The Hall–Kier alpha value is -2.16. The monoisotopic (exact) mass is 489 g/mol. The SMILES string of the molecule is C.CC(=O)CN1CCN(CC(=O)[O-])CCN(C(CCC(=O)O)OC[O-])CCN(CC(=O)[O-])CC1. The number of hydrogen-bond acceptors (Lipinski definition) is 12. The van der Waals surface area contributed by atoms with E-state index in [-0.39, 0.29) is 71.9 Å². The number of aliphatic carboxylic acids is 3. The standard InChI is InChI=1S/C20H35N4O9.CH4/c1-16(26)12-21-4-6-22(13-19(29)30)8-10-24(17(33-15-25)2-3-18(27)28)11-9-23(7-5-21)14-20(31)32;/h17H,2-15H2,1H3,(H,27,28)(H,29,30)(H,31,32);1H4/q-1;/p-2. The largest absolute Gasteiger partial charge is 0.834 e. The molecule has 1 saturated heterocycles. The topological polar surface area (TPSA) is 180 Å². The van der Waals surface area contributed by atoms with E-state index < -0.39 is 30.9 Å². The summed E-state index contributed by atoms with van der Waals surface area (Å²) in [5.41, 5.74) is 0. The molecule has 0 saturated carbocycles. The van der Waals surface area contributed by atoms with Crippen LogP contribution in [0.25, 0.3) is 0 Å². The van der Waals surface area contributed by atoms with Crippen molar-refractivity contribution in [2.24, 2.45) is 0 Å². The zero-order valence-corrected chi connectivity index (χ0v) is 19.0. The van der Waals surface area contributed by atoms with Crippen molar-refractivity contribution in [2.75, 3.05) is 78.8 Å². The number of ether oxygens (including phenoxy) is 1. The highest BCUT2D eigenvalue weighted by molar-refractivity contribution is 5.77. The molecule has 0 spiro atoms. The van der Waals surface area contributed by atoms with E-state index in [1.165, 1.54) is 6.92 Å². The van der Waals surface area contributed by atoms with E-state index in [1.807, 2.05) is 4.90 Å². The van der Waals surface area contributed by atoms with Crippen molar-refractivity contribution in [3.05, 3.63) is 0 Å². The van der Waals surface area contributed by atoms with Crippen LogP contribution in [0.1, 0.15) is 27.2 Å². The molecule has 1 N–H and O–H groups in total. The summed E-state index contributed by atoms with van der Waals surface area (Å²) < 4.78 is 5.22. The molecule has 1 heterocycles. The first kappa shape index (κ1) is 31.8. The Morgan fingerprint density at radius 3 is 1.59 bits per heavy atom. The summed E-state index contributed by atoms with van der Waals surface area (Å²) in [6, 6.07) is 0. The highest BCUT2D eigenvalue weighted by atomic mass is 16.6. The second-order valence-corrected chi connectivity index (χ2v) is 7.98. The Balaban J connectivity index is 0.0000109. The average Bonchev–Trinajstić information content (AvgIpc) is 2.70. The van der Waals surface area contributed by atoms with Crippen LogP contribution in [0, 0.1) is 0 Å². The summed E-state index contributed by atoms with van der Waals surface area (Å²) in [4.78, 5) is 51.9. The Kier molecular flexibility index (Phi) is 16.2. The second-order valence-electron chi connectivity index (χ2n) is 7.98. The molecule has 0 amide bonds. The van der Waals surface area contributed by atoms with Crippen LogP contribution in [0.3, 0.4) is 0 Å². The molecule has 13 nitrogen and oxygen atoms in total. The van der Waals surface area contributed by atoms with Gasteiger partial charge in [-0.05, 0) is 20.1 Å². The molecule has 1 atom stereocenters.